The van der Waals surface area contributed by atoms with E-state index in [2.05, 4.69) is 4.99 Å². The Labute approximate surface area is 307 Å². The molecule has 0 saturated carbocycles. The number of carbonyl (C=O) groups is 4. The standard InChI is InChI=1S/C43H22N6O6/c1-19-4-2-3-5-21(19)20-6-15-30-31(18-20)47-37(45-30)23-8-10-27-35-29(14-12-25(33(23)35)39(47)51)43(55)49(41(27)53)48-40(52)26-9-7-22-32-24(11-13-28(34(26)32)42(48)54)38(50)46-17-16-44-36(22)46/h2-15,18H,16-17H2,1H3. The van der Waals surface area contributed by atoms with Crippen LogP contribution >= 0.6 is 0 Å². The predicted molar refractivity (Wildman–Crippen MR) is 204 cm³/mol. The largest absolute Gasteiger partial charge is 0.291 e. The smallest absolute Gasteiger partial charge is 0.281 e. The number of imide groups is 2. The summed E-state index contributed by atoms with van der Waals surface area (Å²) >= 11 is 0. The zero-order valence-electron chi connectivity index (χ0n) is 28.7. The molecular weight excluding hydrogens is 697 g/mol. The van der Waals surface area contributed by atoms with Gasteiger partial charge in [0, 0.05) is 49.6 Å². The monoisotopic (exact) mass is 718 g/mol. The van der Waals surface area contributed by atoms with Crippen molar-refractivity contribution in [1.29, 1.82) is 0 Å². The molecule has 3 aliphatic rings. The van der Waals surface area contributed by atoms with Crippen LogP contribution in [0.25, 0.3) is 70.9 Å². The third-order valence-corrected chi connectivity index (χ3v) is 11.6. The summed E-state index contributed by atoms with van der Waals surface area (Å²) in [6.45, 7) is 2.90. The van der Waals surface area contributed by atoms with Gasteiger partial charge in [-0.25, -0.2) is 4.98 Å². The Kier molecular flexibility index (Phi) is 5.37. The molecule has 0 N–H and O–H groups in total. The lowest BCUT2D eigenvalue weighted by atomic mass is 9.89. The van der Waals surface area contributed by atoms with E-state index < -0.39 is 23.6 Å². The molecule has 0 radical (unpaired) electrons. The molecule has 12 nitrogen and oxygen atoms in total. The number of amides is 4. The van der Waals surface area contributed by atoms with Crippen LogP contribution in [0.15, 0.2) is 106 Å². The van der Waals surface area contributed by atoms with Crippen LogP contribution in [0.3, 0.4) is 0 Å². The van der Waals surface area contributed by atoms with Crippen molar-refractivity contribution in [1.82, 2.24) is 24.0 Å². The van der Waals surface area contributed by atoms with E-state index in [0.717, 1.165) is 16.7 Å². The van der Waals surface area contributed by atoms with E-state index in [9.17, 15) is 28.8 Å². The Bertz CT molecular complexity index is 3560. The number of pyridine rings is 2. The number of nitrogens with zero attached hydrogens (tertiary/aromatic N) is 6. The number of fused-ring (bicyclic) bond motifs is 6. The minimum Gasteiger partial charge on any atom is -0.291 e. The molecule has 12 rings (SSSR count). The lowest BCUT2D eigenvalue weighted by Crippen LogP contribution is -2.58. The first-order valence-corrected chi connectivity index (χ1v) is 17.7. The van der Waals surface area contributed by atoms with Crippen molar-refractivity contribution in [3.05, 3.63) is 145 Å². The van der Waals surface area contributed by atoms with Gasteiger partial charge in [-0.15, -0.1) is 0 Å². The van der Waals surface area contributed by atoms with E-state index in [4.69, 9.17) is 4.98 Å². The summed E-state index contributed by atoms with van der Waals surface area (Å²) in [4.78, 5) is 94.7. The molecule has 9 aromatic rings. The molecule has 0 unspecified atom stereocenters. The van der Waals surface area contributed by atoms with Gasteiger partial charge in [-0.1, -0.05) is 30.3 Å². The summed E-state index contributed by atoms with van der Waals surface area (Å²) < 4.78 is 3.15. The molecule has 0 fully saturated rings. The molecule has 0 spiro atoms. The number of imidazole rings is 1. The molecule has 6 aromatic carbocycles. The Morgan fingerprint density at radius 2 is 1.11 bits per heavy atom. The minimum absolute atomic E-state index is 0.0518. The van der Waals surface area contributed by atoms with Crippen molar-refractivity contribution in [2.75, 3.05) is 6.54 Å². The van der Waals surface area contributed by atoms with Gasteiger partial charge in [0.1, 0.15) is 11.1 Å². The topological polar surface area (TPSA) is 143 Å². The highest BCUT2D eigenvalue weighted by Crippen LogP contribution is 2.41. The summed E-state index contributed by atoms with van der Waals surface area (Å²) in [5, 5.41) is 4.40. The Hall–Kier alpha value is -7.60. The minimum atomic E-state index is -0.891. The van der Waals surface area contributed by atoms with Gasteiger partial charge in [0.05, 0.1) is 39.8 Å². The van der Waals surface area contributed by atoms with E-state index in [1.807, 2.05) is 49.4 Å². The first kappa shape index (κ1) is 29.9. The molecule has 6 heterocycles. The van der Waals surface area contributed by atoms with Gasteiger partial charge in [0.15, 0.2) is 0 Å². The number of hydrogen-bond donors (Lipinski definition) is 0. The third-order valence-electron chi connectivity index (χ3n) is 11.6. The zero-order valence-corrected chi connectivity index (χ0v) is 28.7. The van der Waals surface area contributed by atoms with Gasteiger partial charge < -0.3 is 0 Å². The summed E-state index contributed by atoms with van der Waals surface area (Å²) in [5.41, 5.74) is 4.77. The molecule has 3 aromatic heterocycles. The van der Waals surface area contributed by atoms with Crippen molar-refractivity contribution in [2.24, 2.45) is 4.99 Å². The van der Waals surface area contributed by atoms with Gasteiger partial charge >= 0.3 is 0 Å². The van der Waals surface area contributed by atoms with Gasteiger partial charge in [0.2, 0.25) is 0 Å². The number of hydrogen-bond acceptors (Lipinski definition) is 8. The predicted octanol–water partition coefficient (Wildman–Crippen LogP) is 5.19. The van der Waals surface area contributed by atoms with Crippen LogP contribution in [0.5, 0.6) is 0 Å². The van der Waals surface area contributed by atoms with E-state index in [0.29, 0.717) is 72.2 Å². The Morgan fingerprint density at radius 1 is 0.545 bits per heavy atom. The van der Waals surface area contributed by atoms with Crippen LogP contribution in [-0.4, -0.2) is 54.1 Å². The van der Waals surface area contributed by atoms with Gasteiger partial charge in [-0.3, -0.25) is 42.7 Å². The average Bonchev–Trinajstić information content (AvgIpc) is 3.85. The molecule has 3 aliphatic heterocycles. The second-order valence-corrected chi connectivity index (χ2v) is 14.2. The lowest BCUT2D eigenvalue weighted by Gasteiger charge is -2.37. The molecule has 12 heteroatoms. The Morgan fingerprint density at radius 3 is 1.75 bits per heavy atom. The van der Waals surface area contributed by atoms with Crippen LogP contribution in [0.2, 0.25) is 0 Å². The fourth-order valence-corrected chi connectivity index (χ4v) is 9.10. The van der Waals surface area contributed by atoms with Crippen LogP contribution in [0.1, 0.15) is 47.0 Å². The highest BCUT2D eigenvalue weighted by molar-refractivity contribution is 6.35. The van der Waals surface area contributed by atoms with Gasteiger partial charge in [-0.05, 0) is 84.3 Å². The number of benzene rings is 6. The van der Waals surface area contributed by atoms with E-state index in [-0.39, 0.29) is 49.5 Å². The van der Waals surface area contributed by atoms with Crippen molar-refractivity contribution < 1.29 is 19.2 Å². The number of aromatic nitrogens is 3. The summed E-state index contributed by atoms with van der Waals surface area (Å²) in [5.74, 6) is -3.54. The molecule has 0 aliphatic carbocycles. The number of aryl methyl sites for hydroxylation is 1. The molecule has 0 bridgehead atoms. The highest BCUT2D eigenvalue weighted by atomic mass is 16.2. The normalized spacial score (nSPS) is 15.2. The highest BCUT2D eigenvalue weighted by Gasteiger charge is 2.46. The quantitative estimate of drug-likeness (QED) is 0.224. The summed E-state index contributed by atoms with van der Waals surface area (Å²) in [6.07, 6.45) is 0. The fraction of sp³-hybridized carbons (Fsp3) is 0.0698. The SMILES string of the molecule is Cc1ccccc1-c1ccc2nc3c4ccc5c6c(ccc(c(=O)n3c2c1)c64)C(=O)N(N1C(=O)c2ccc3c(=O)n4c(c6ccc(c2c36)C1=O)=NCC4)C5=O. The van der Waals surface area contributed by atoms with E-state index >= 15 is 0 Å². The molecule has 4 amide bonds. The third kappa shape index (κ3) is 3.47. The molecule has 0 atom stereocenters. The van der Waals surface area contributed by atoms with E-state index in [1.165, 1.54) is 12.1 Å². The number of carbonyl (C=O) groups excluding carboxylic acids is 4. The van der Waals surface area contributed by atoms with Crippen molar-refractivity contribution in [2.45, 2.75) is 13.5 Å². The van der Waals surface area contributed by atoms with Crippen molar-refractivity contribution in [3.63, 3.8) is 0 Å². The summed E-state index contributed by atoms with van der Waals surface area (Å²) in [7, 11) is 0. The summed E-state index contributed by atoms with van der Waals surface area (Å²) in [6, 6.07) is 26.2. The van der Waals surface area contributed by atoms with Gasteiger partial charge in [0.25, 0.3) is 34.7 Å². The maximum atomic E-state index is 14.5. The fourth-order valence-electron chi connectivity index (χ4n) is 9.10. The molecule has 55 heavy (non-hydrogen) atoms. The number of rotatable bonds is 2. The van der Waals surface area contributed by atoms with E-state index in [1.54, 1.807) is 45.4 Å². The zero-order chi connectivity index (χ0) is 37.2. The van der Waals surface area contributed by atoms with Crippen molar-refractivity contribution in [3.8, 4) is 11.1 Å². The van der Waals surface area contributed by atoms with Crippen LogP contribution in [-0.2, 0) is 6.54 Å². The van der Waals surface area contributed by atoms with Gasteiger partial charge in [-0.2, -0.15) is 10.0 Å². The molecule has 0 saturated heterocycles. The first-order chi connectivity index (χ1) is 26.7. The lowest BCUT2D eigenvalue weighted by molar-refractivity contribution is 0.00213. The van der Waals surface area contributed by atoms with Crippen molar-refractivity contribution >= 4 is 83.4 Å². The first-order valence-electron chi connectivity index (χ1n) is 17.7. The van der Waals surface area contributed by atoms with Crippen LogP contribution < -0.4 is 16.6 Å². The number of hydrazine groups is 1. The van der Waals surface area contributed by atoms with Crippen LogP contribution in [0, 0.1) is 6.92 Å². The molecule has 260 valence electrons. The molecular formula is C43H22N6O6. The van der Waals surface area contributed by atoms with Crippen LogP contribution in [0.4, 0.5) is 0 Å². The second kappa shape index (κ2) is 9.88. The average molecular weight is 719 g/mol. The Balaban J connectivity index is 1.03. The second-order valence-electron chi connectivity index (χ2n) is 14.2. The maximum Gasteiger partial charge on any atom is 0.281 e. The maximum absolute atomic E-state index is 14.5.